The van der Waals surface area contributed by atoms with Gasteiger partial charge in [0.2, 0.25) is 0 Å². The first-order valence-corrected chi connectivity index (χ1v) is 9.99. The van der Waals surface area contributed by atoms with Crippen molar-refractivity contribution < 1.29 is 4.42 Å². The van der Waals surface area contributed by atoms with Crippen molar-refractivity contribution in [3.05, 3.63) is 119 Å². The molecule has 0 atom stereocenters. The summed E-state index contributed by atoms with van der Waals surface area (Å²) < 4.78 is 5.84. The van der Waals surface area contributed by atoms with Gasteiger partial charge in [0, 0.05) is 11.1 Å². The molecule has 0 radical (unpaired) electrons. The van der Waals surface area contributed by atoms with Crippen LogP contribution in [-0.4, -0.2) is 0 Å². The molecule has 2 nitrogen and oxygen atoms in total. The van der Waals surface area contributed by atoms with Crippen LogP contribution in [0.1, 0.15) is 5.56 Å². The first kappa shape index (κ1) is 18.1. The summed E-state index contributed by atoms with van der Waals surface area (Å²) in [6.45, 7) is 2.04. The molecular weight excluding hydrogens is 368 g/mol. The number of aryl methyl sites for hydroxylation is 1. The van der Waals surface area contributed by atoms with Gasteiger partial charge in [-0.2, -0.15) is 0 Å². The van der Waals surface area contributed by atoms with E-state index in [0.29, 0.717) is 11.3 Å². The lowest BCUT2D eigenvalue weighted by molar-refractivity contribution is 0.529. The average molecular weight is 388 g/mol. The highest BCUT2D eigenvalue weighted by Crippen LogP contribution is 2.36. The molecule has 1 aromatic heterocycles. The monoisotopic (exact) mass is 388 g/mol. The highest BCUT2D eigenvalue weighted by atomic mass is 16.4. The Morgan fingerprint density at radius 1 is 0.633 bits per heavy atom. The van der Waals surface area contributed by atoms with Crippen LogP contribution in [0.5, 0.6) is 0 Å². The van der Waals surface area contributed by atoms with Crippen LogP contribution >= 0.6 is 0 Å². The third-order valence-corrected chi connectivity index (χ3v) is 5.43. The van der Waals surface area contributed by atoms with Crippen molar-refractivity contribution in [1.29, 1.82) is 0 Å². The summed E-state index contributed by atoms with van der Waals surface area (Å²) in [5, 5.41) is 2.13. The third-order valence-electron chi connectivity index (χ3n) is 5.43. The van der Waals surface area contributed by atoms with Gasteiger partial charge in [0.25, 0.3) is 0 Å². The molecule has 5 aromatic rings. The fourth-order valence-corrected chi connectivity index (χ4v) is 3.90. The lowest BCUT2D eigenvalue weighted by Crippen LogP contribution is -2.06. The van der Waals surface area contributed by atoms with Gasteiger partial charge in [0.05, 0.1) is 5.56 Å². The normalized spacial score (nSPS) is 11.0. The fourth-order valence-electron chi connectivity index (χ4n) is 3.90. The summed E-state index contributed by atoms with van der Waals surface area (Å²) in [6.07, 6.45) is 0. The first-order valence-electron chi connectivity index (χ1n) is 9.99. The molecule has 0 saturated carbocycles. The Bertz CT molecular complexity index is 1390. The summed E-state index contributed by atoms with van der Waals surface area (Å²) in [4.78, 5) is 13.4. The van der Waals surface area contributed by atoms with Crippen LogP contribution in [0.2, 0.25) is 0 Å². The summed E-state index contributed by atoms with van der Waals surface area (Å²) in [5.74, 6) is 0.572. The smallest absolute Gasteiger partial charge is 0.344 e. The maximum atomic E-state index is 13.4. The number of rotatable bonds is 3. The van der Waals surface area contributed by atoms with Gasteiger partial charge in [-0.3, -0.25) is 0 Å². The Hall–Kier alpha value is -3.91. The topological polar surface area (TPSA) is 30.2 Å². The maximum absolute atomic E-state index is 13.4. The number of benzene rings is 4. The Morgan fingerprint density at radius 2 is 1.33 bits per heavy atom. The molecule has 30 heavy (non-hydrogen) atoms. The average Bonchev–Trinajstić information content (AvgIpc) is 2.79. The summed E-state index contributed by atoms with van der Waals surface area (Å²) in [5.41, 5.74) is 5.06. The Balaban J connectivity index is 1.83. The minimum Gasteiger partial charge on any atom is -0.422 e. The van der Waals surface area contributed by atoms with Crippen molar-refractivity contribution in [3.8, 4) is 33.6 Å². The minimum atomic E-state index is -0.330. The Morgan fingerprint density at radius 3 is 2.13 bits per heavy atom. The second-order valence-corrected chi connectivity index (χ2v) is 7.45. The largest absolute Gasteiger partial charge is 0.422 e. The molecule has 0 aliphatic rings. The number of hydrogen-bond acceptors (Lipinski definition) is 2. The second kappa shape index (κ2) is 7.49. The molecule has 0 amide bonds. The Labute approximate surface area is 175 Å². The van der Waals surface area contributed by atoms with Gasteiger partial charge in [-0.1, -0.05) is 103 Å². The number of hydrogen-bond donors (Lipinski definition) is 0. The van der Waals surface area contributed by atoms with E-state index in [1.807, 2.05) is 97.9 Å². The van der Waals surface area contributed by atoms with Crippen molar-refractivity contribution in [2.24, 2.45) is 0 Å². The highest BCUT2D eigenvalue weighted by molar-refractivity contribution is 6.00. The molecule has 4 aromatic carbocycles. The molecule has 2 heteroatoms. The minimum absolute atomic E-state index is 0.330. The molecule has 0 aliphatic heterocycles. The van der Waals surface area contributed by atoms with Crippen LogP contribution in [0.15, 0.2) is 112 Å². The lowest BCUT2D eigenvalue weighted by Gasteiger charge is -2.13. The van der Waals surface area contributed by atoms with Gasteiger partial charge in [-0.25, -0.2) is 4.79 Å². The van der Waals surface area contributed by atoms with Crippen LogP contribution in [0.25, 0.3) is 44.3 Å². The molecule has 5 rings (SSSR count). The van der Waals surface area contributed by atoms with Crippen LogP contribution in [0.3, 0.4) is 0 Å². The zero-order chi connectivity index (χ0) is 20.5. The van der Waals surface area contributed by atoms with Crippen molar-refractivity contribution in [1.82, 2.24) is 0 Å². The molecular formula is C28H20O2. The van der Waals surface area contributed by atoms with E-state index in [1.165, 1.54) is 0 Å². The van der Waals surface area contributed by atoms with Crippen LogP contribution in [-0.2, 0) is 0 Å². The quantitative estimate of drug-likeness (QED) is 0.330. The van der Waals surface area contributed by atoms with E-state index in [4.69, 9.17) is 4.42 Å². The summed E-state index contributed by atoms with van der Waals surface area (Å²) >= 11 is 0. The van der Waals surface area contributed by atoms with E-state index in [1.54, 1.807) is 0 Å². The van der Waals surface area contributed by atoms with Gasteiger partial charge < -0.3 is 4.42 Å². The van der Waals surface area contributed by atoms with Crippen LogP contribution in [0, 0.1) is 6.92 Å². The summed E-state index contributed by atoms with van der Waals surface area (Å²) in [6, 6.07) is 34.2. The van der Waals surface area contributed by atoms with Crippen LogP contribution in [0.4, 0.5) is 0 Å². The SMILES string of the molecule is Cc1ccc(-c2cc(-c3ccccc3)c(-c3cccc4ccccc34)c(=O)o2)cc1. The Kier molecular flexibility index (Phi) is 4.53. The number of fused-ring (bicyclic) bond motifs is 1. The zero-order valence-electron chi connectivity index (χ0n) is 16.6. The van der Waals surface area contributed by atoms with Gasteiger partial charge in [-0.15, -0.1) is 0 Å². The lowest BCUT2D eigenvalue weighted by atomic mass is 9.92. The van der Waals surface area contributed by atoms with Crippen molar-refractivity contribution in [2.75, 3.05) is 0 Å². The van der Waals surface area contributed by atoms with Crippen LogP contribution < -0.4 is 5.63 Å². The molecule has 0 aliphatic carbocycles. The van der Waals surface area contributed by atoms with Gasteiger partial charge in [0.1, 0.15) is 5.76 Å². The maximum Gasteiger partial charge on any atom is 0.344 e. The molecule has 144 valence electrons. The standard InChI is InChI=1S/C28H20O2/c1-19-14-16-22(17-15-19)26-18-25(21-8-3-2-4-9-21)27(28(29)30-26)24-13-7-11-20-10-5-6-12-23(20)24/h2-18H,1H3. The first-order chi connectivity index (χ1) is 14.7. The van der Waals surface area contributed by atoms with E-state index in [0.717, 1.165) is 38.6 Å². The molecule has 0 saturated heterocycles. The molecule has 0 fully saturated rings. The molecule has 0 bridgehead atoms. The summed E-state index contributed by atoms with van der Waals surface area (Å²) in [7, 11) is 0. The van der Waals surface area contributed by atoms with E-state index < -0.39 is 0 Å². The van der Waals surface area contributed by atoms with Gasteiger partial charge in [-0.05, 0) is 34.9 Å². The highest BCUT2D eigenvalue weighted by Gasteiger charge is 2.18. The zero-order valence-corrected chi connectivity index (χ0v) is 16.6. The van der Waals surface area contributed by atoms with Crippen molar-refractivity contribution in [3.63, 3.8) is 0 Å². The van der Waals surface area contributed by atoms with E-state index in [9.17, 15) is 4.79 Å². The van der Waals surface area contributed by atoms with E-state index in [-0.39, 0.29) is 5.63 Å². The predicted octanol–water partition coefficient (Wildman–Crippen LogP) is 7.10. The molecule has 0 spiro atoms. The predicted molar refractivity (Wildman–Crippen MR) is 124 cm³/mol. The van der Waals surface area contributed by atoms with E-state index >= 15 is 0 Å². The molecule has 0 unspecified atom stereocenters. The van der Waals surface area contributed by atoms with Gasteiger partial charge >= 0.3 is 5.63 Å². The molecule has 1 heterocycles. The molecule has 0 N–H and O–H groups in total. The second-order valence-electron chi connectivity index (χ2n) is 7.45. The van der Waals surface area contributed by atoms with Crippen molar-refractivity contribution >= 4 is 10.8 Å². The fraction of sp³-hybridized carbons (Fsp3) is 0.0357. The van der Waals surface area contributed by atoms with E-state index in [2.05, 4.69) is 12.1 Å². The van der Waals surface area contributed by atoms with Crippen molar-refractivity contribution in [2.45, 2.75) is 6.92 Å². The van der Waals surface area contributed by atoms with Gasteiger partial charge in [0.15, 0.2) is 0 Å². The third kappa shape index (κ3) is 3.23.